The van der Waals surface area contributed by atoms with E-state index < -0.39 is 0 Å². The van der Waals surface area contributed by atoms with Gasteiger partial charge >= 0.3 is 0 Å². The van der Waals surface area contributed by atoms with Crippen LogP contribution in [0.15, 0.2) is 17.5 Å². The Labute approximate surface area is 97.3 Å². The van der Waals surface area contributed by atoms with Crippen LogP contribution < -0.4 is 0 Å². The maximum absolute atomic E-state index is 10.2. The van der Waals surface area contributed by atoms with Crippen molar-refractivity contribution in [2.24, 2.45) is 0 Å². The average Bonchev–Trinajstić information content (AvgIpc) is 2.70. The summed E-state index contributed by atoms with van der Waals surface area (Å²) in [5, 5.41) is 13.1. The molecule has 3 atom stereocenters. The molecule has 0 spiro atoms. The van der Waals surface area contributed by atoms with Crippen molar-refractivity contribution in [1.29, 1.82) is 0 Å². The highest BCUT2D eigenvalue weighted by atomic mass is 32.2. The van der Waals surface area contributed by atoms with Gasteiger partial charge in [-0.15, -0.1) is 11.3 Å². The molecule has 2 rings (SSSR count). The molecule has 78 valence electrons. The van der Waals surface area contributed by atoms with Crippen LogP contribution in [0.2, 0.25) is 0 Å². The number of aliphatic hydroxyl groups excluding tert-OH is 1. The van der Waals surface area contributed by atoms with Crippen LogP contribution in [-0.2, 0) is 0 Å². The third-order valence-electron chi connectivity index (χ3n) is 2.38. The summed E-state index contributed by atoms with van der Waals surface area (Å²) >= 11 is 5.54. The van der Waals surface area contributed by atoms with Gasteiger partial charge in [0.15, 0.2) is 0 Å². The summed E-state index contributed by atoms with van der Waals surface area (Å²) in [5.41, 5.74) is 0. The van der Waals surface area contributed by atoms with Gasteiger partial charge in [-0.2, -0.15) is 23.5 Å². The normalized spacial score (nSPS) is 30.1. The lowest BCUT2D eigenvalue weighted by atomic mass is 10.1. The molecule has 1 saturated heterocycles. The van der Waals surface area contributed by atoms with E-state index in [-0.39, 0.29) is 6.10 Å². The third kappa shape index (κ3) is 2.30. The average molecular weight is 246 g/mol. The van der Waals surface area contributed by atoms with Gasteiger partial charge in [0, 0.05) is 26.9 Å². The summed E-state index contributed by atoms with van der Waals surface area (Å²) in [7, 11) is 0. The zero-order valence-electron chi connectivity index (χ0n) is 8.05. The summed E-state index contributed by atoms with van der Waals surface area (Å²) in [6, 6.07) is 4.04. The Hall–Kier alpha value is 0.360. The van der Waals surface area contributed by atoms with Crippen molar-refractivity contribution in [2.45, 2.75) is 23.5 Å². The van der Waals surface area contributed by atoms with E-state index in [4.69, 9.17) is 0 Å². The summed E-state index contributed by atoms with van der Waals surface area (Å²) in [4.78, 5) is 1.11. The first kappa shape index (κ1) is 10.9. The van der Waals surface area contributed by atoms with E-state index in [9.17, 15) is 5.11 Å². The van der Waals surface area contributed by atoms with E-state index in [1.165, 1.54) is 11.5 Å². The maximum atomic E-state index is 10.2. The summed E-state index contributed by atoms with van der Waals surface area (Å²) in [5.74, 6) is 2.39. The predicted octanol–water partition coefficient (Wildman–Crippen LogP) is 3.02. The molecule has 1 fully saturated rings. The quantitative estimate of drug-likeness (QED) is 0.866. The van der Waals surface area contributed by atoms with Crippen LogP contribution in [0.5, 0.6) is 0 Å². The van der Waals surface area contributed by atoms with Gasteiger partial charge in [0.05, 0.1) is 0 Å². The molecule has 0 aliphatic carbocycles. The molecule has 3 unspecified atom stereocenters. The van der Waals surface area contributed by atoms with E-state index in [0.717, 1.165) is 4.88 Å². The molecular formula is C10H14OS3. The fraction of sp³-hybridized carbons (Fsp3) is 0.600. The highest BCUT2D eigenvalue weighted by Gasteiger charge is 2.30. The van der Waals surface area contributed by atoms with Gasteiger partial charge in [-0.1, -0.05) is 13.0 Å². The first-order chi connectivity index (χ1) is 6.79. The largest absolute Gasteiger partial charge is 0.386 e. The lowest BCUT2D eigenvalue weighted by molar-refractivity contribution is 0.178. The zero-order chi connectivity index (χ0) is 9.97. The topological polar surface area (TPSA) is 20.2 Å². The van der Waals surface area contributed by atoms with E-state index in [0.29, 0.717) is 10.5 Å². The van der Waals surface area contributed by atoms with Gasteiger partial charge in [-0.05, 0) is 11.4 Å². The monoisotopic (exact) mass is 246 g/mol. The Balaban J connectivity index is 2.06. The first-order valence-corrected chi connectivity index (χ1v) is 7.71. The van der Waals surface area contributed by atoms with Crippen LogP contribution in [0, 0.1) is 0 Å². The lowest BCUT2D eigenvalue weighted by Crippen LogP contribution is -2.28. The molecular weight excluding hydrogens is 232 g/mol. The van der Waals surface area contributed by atoms with Crippen LogP contribution >= 0.6 is 34.9 Å². The summed E-state index contributed by atoms with van der Waals surface area (Å²) < 4.78 is 0. The van der Waals surface area contributed by atoms with Crippen LogP contribution in [0.25, 0.3) is 0 Å². The standard InChI is InChI=1S/C10H14OS3/c1-7-10(14-6-5-12-7)9(11)8-3-2-4-13-8/h2-4,7,9-11H,5-6H2,1H3. The fourth-order valence-corrected chi connectivity index (χ4v) is 5.29. The summed E-state index contributed by atoms with van der Waals surface area (Å²) in [6.07, 6.45) is -0.275. The van der Waals surface area contributed by atoms with Gasteiger partial charge < -0.3 is 5.11 Å². The minimum absolute atomic E-state index is 0.275. The molecule has 1 aromatic heterocycles. The van der Waals surface area contributed by atoms with Crippen LogP contribution in [0.1, 0.15) is 17.9 Å². The van der Waals surface area contributed by atoms with Crippen molar-refractivity contribution < 1.29 is 5.11 Å². The lowest BCUT2D eigenvalue weighted by Gasteiger charge is -2.31. The second kappa shape index (κ2) is 4.92. The van der Waals surface area contributed by atoms with Gasteiger partial charge in [0.25, 0.3) is 0 Å². The maximum Gasteiger partial charge on any atom is 0.101 e. The highest BCUT2D eigenvalue weighted by Crippen LogP contribution is 2.39. The van der Waals surface area contributed by atoms with Crippen LogP contribution in [0.4, 0.5) is 0 Å². The minimum atomic E-state index is -0.275. The van der Waals surface area contributed by atoms with E-state index >= 15 is 0 Å². The van der Waals surface area contributed by atoms with Gasteiger partial charge in [0.2, 0.25) is 0 Å². The molecule has 4 heteroatoms. The van der Waals surface area contributed by atoms with Crippen LogP contribution in [0.3, 0.4) is 0 Å². The fourth-order valence-electron chi connectivity index (χ4n) is 1.62. The molecule has 1 nitrogen and oxygen atoms in total. The second-order valence-electron chi connectivity index (χ2n) is 3.37. The van der Waals surface area contributed by atoms with Crippen molar-refractivity contribution in [2.75, 3.05) is 11.5 Å². The molecule has 0 saturated carbocycles. The predicted molar refractivity (Wildman–Crippen MR) is 67.4 cm³/mol. The number of thioether (sulfide) groups is 2. The highest BCUT2D eigenvalue weighted by molar-refractivity contribution is 8.07. The number of hydrogen-bond acceptors (Lipinski definition) is 4. The molecule has 0 amide bonds. The van der Waals surface area contributed by atoms with Crippen molar-refractivity contribution in [3.8, 4) is 0 Å². The Morgan fingerprint density at radius 2 is 2.21 bits per heavy atom. The Morgan fingerprint density at radius 3 is 2.86 bits per heavy atom. The molecule has 0 bridgehead atoms. The van der Waals surface area contributed by atoms with Gasteiger partial charge in [-0.3, -0.25) is 0 Å². The Morgan fingerprint density at radius 1 is 1.43 bits per heavy atom. The molecule has 2 heterocycles. The molecule has 1 aliphatic rings. The molecule has 1 N–H and O–H groups in total. The van der Waals surface area contributed by atoms with E-state index in [2.05, 4.69) is 6.92 Å². The molecule has 1 aliphatic heterocycles. The van der Waals surface area contributed by atoms with Crippen molar-refractivity contribution >= 4 is 34.9 Å². The third-order valence-corrected chi connectivity index (χ3v) is 6.51. The molecule has 0 aromatic carbocycles. The molecule has 14 heavy (non-hydrogen) atoms. The summed E-state index contributed by atoms with van der Waals surface area (Å²) in [6.45, 7) is 2.22. The van der Waals surface area contributed by atoms with E-state index in [1.54, 1.807) is 11.3 Å². The zero-order valence-corrected chi connectivity index (χ0v) is 10.5. The van der Waals surface area contributed by atoms with Crippen molar-refractivity contribution in [1.82, 2.24) is 0 Å². The molecule has 0 radical (unpaired) electrons. The first-order valence-electron chi connectivity index (χ1n) is 4.73. The van der Waals surface area contributed by atoms with Crippen LogP contribution in [-0.4, -0.2) is 27.1 Å². The Kier molecular flexibility index (Phi) is 3.82. The van der Waals surface area contributed by atoms with Gasteiger partial charge in [-0.25, -0.2) is 0 Å². The van der Waals surface area contributed by atoms with Crippen molar-refractivity contribution in [3.05, 3.63) is 22.4 Å². The minimum Gasteiger partial charge on any atom is -0.386 e. The second-order valence-corrected chi connectivity index (χ2v) is 7.12. The number of thiophene rings is 1. The number of aliphatic hydroxyl groups is 1. The SMILES string of the molecule is CC1SCCSC1C(O)c1cccs1. The number of rotatable bonds is 2. The van der Waals surface area contributed by atoms with Crippen molar-refractivity contribution in [3.63, 3.8) is 0 Å². The Bertz CT molecular complexity index is 273. The van der Waals surface area contributed by atoms with Gasteiger partial charge in [0.1, 0.15) is 6.10 Å². The molecule has 1 aromatic rings. The smallest absolute Gasteiger partial charge is 0.101 e. The van der Waals surface area contributed by atoms with E-state index in [1.807, 2.05) is 41.0 Å². The number of hydrogen-bond donors (Lipinski definition) is 1.